The number of rotatable bonds is 14. The number of aromatic nitrogens is 2. The molecular formula is C34H45N7O9. The Bertz CT molecular complexity index is 1550. The van der Waals surface area contributed by atoms with Gasteiger partial charge in [0.15, 0.2) is 11.8 Å². The van der Waals surface area contributed by atoms with Crippen LogP contribution in [0, 0.1) is 5.92 Å². The molecule has 270 valence electrons. The minimum absolute atomic E-state index is 0.0830. The fourth-order valence-corrected chi connectivity index (χ4v) is 6.07. The van der Waals surface area contributed by atoms with Crippen molar-refractivity contribution < 1.29 is 43.3 Å². The Balaban J connectivity index is 1.30. The Morgan fingerprint density at radius 3 is 2.32 bits per heavy atom. The summed E-state index contributed by atoms with van der Waals surface area (Å²) >= 11 is 0. The normalized spacial score (nSPS) is 18.6. The van der Waals surface area contributed by atoms with Gasteiger partial charge in [-0.3, -0.25) is 24.0 Å². The first-order valence-corrected chi connectivity index (χ1v) is 17.2. The molecule has 50 heavy (non-hydrogen) atoms. The maximum absolute atomic E-state index is 13.6. The number of ether oxygens (including phenoxy) is 2. The highest BCUT2D eigenvalue weighted by atomic mass is 16.6. The summed E-state index contributed by atoms with van der Waals surface area (Å²) in [5, 5.41) is 19.4. The van der Waals surface area contributed by atoms with Crippen LogP contribution in [-0.4, -0.2) is 129 Å². The maximum atomic E-state index is 13.6. The molecule has 2 aliphatic heterocycles. The molecule has 0 bridgehead atoms. The van der Waals surface area contributed by atoms with Crippen LogP contribution >= 0.6 is 0 Å². The SMILES string of the molecule is CCOC(=O)N1CCN(C(=O)C(CCC(=O)O)NC(=O)c2cc(OC(C)C(=O)N3CCCC3C(=O)NCC3CC3)n(-c3ccccc3)n2)CC1. The first-order valence-electron chi connectivity index (χ1n) is 17.2. The van der Waals surface area contributed by atoms with Gasteiger partial charge in [-0.25, -0.2) is 9.48 Å². The Kier molecular flexibility index (Phi) is 11.9. The van der Waals surface area contributed by atoms with E-state index in [1.807, 2.05) is 0 Å². The molecule has 1 saturated carbocycles. The summed E-state index contributed by atoms with van der Waals surface area (Å²) in [6, 6.07) is 8.42. The van der Waals surface area contributed by atoms with Gasteiger partial charge in [-0.15, -0.1) is 0 Å². The molecule has 16 nitrogen and oxygen atoms in total. The van der Waals surface area contributed by atoms with E-state index < -0.39 is 42.1 Å². The molecule has 3 unspecified atom stereocenters. The predicted octanol–water partition coefficient (Wildman–Crippen LogP) is 1.42. The minimum atomic E-state index is -1.18. The van der Waals surface area contributed by atoms with Gasteiger partial charge in [0, 0.05) is 51.8 Å². The third-order valence-corrected chi connectivity index (χ3v) is 9.02. The number of piperazine rings is 1. The zero-order chi connectivity index (χ0) is 35.8. The van der Waals surface area contributed by atoms with Crippen LogP contribution in [0.5, 0.6) is 5.88 Å². The number of carbonyl (C=O) groups is 6. The maximum Gasteiger partial charge on any atom is 0.409 e. The van der Waals surface area contributed by atoms with E-state index in [0.717, 1.165) is 12.8 Å². The van der Waals surface area contributed by atoms with Crippen LogP contribution in [0.3, 0.4) is 0 Å². The van der Waals surface area contributed by atoms with Crippen molar-refractivity contribution in [2.75, 3.05) is 45.9 Å². The largest absolute Gasteiger partial charge is 0.481 e. The van der Waals surface area contributed by atoms with E-state index in [1.165, 1.54) is 25.4 Å². The van der Waals surface area contributed by atoms with Crippen molar-refractivity contribution in [1.82, 2.24) is 35.1 Å². The lowest BCUT2D eigenvalue weighted by Gasteiger charge is -2.35. The number of likely N-dealkylation sites (tertiary alicyclic amines) is 1. The third kappa shape index (κ3) is 9.09. The van der Waals surface area contributed by atoms with Gasteiger partial charge in [-0.2, -0.15) is 5.10 Å². The molecule has 2 aromatic rings. The smallest absolute Gasteiger partial charge is 0.409 e. The number of carbonyl (C=O) groups excluding carboxylic acids is 5. The Morgan fingerprint density at radius 2 is 1.66 bits per heavy atom. The summed E-state index contributed by atoms with van der Waals surface area (Å²) in [6.07, 6.45) is 1.40. The summed E-state index contributed by atoms with van der Waals surface area (Å²) in [6.45, 7) is 5.36. The highest BCUT2D eigenvalue weighted by Gasteiger charge is 2.38. The third-order valence-electron chi connectivity index (χ3n) is 9.02. The number of para-hydroxylation sites is 1. The quantitative estimate of drug-likeness (QED) is 0.260. The molecule has 0 spiro atoms. The number of hydrogen-bond donors (Lipinski definition) is 3. The van der Waals surface area contributed by atoms with Crippen LogP contribution in [-0.2, 0) is 23.9 Å². The van der Waals surface area contributed by atoms with Gasteiger partial charge >= 0.3 is 12.1 Å². The summed E-state index contributed by atoms with van der Waals surface area (Å²) in [5.41, 5.74) is 0.417. The van der Waals surface area contributed by atoms with Crippen molar-refractivity contribution in [2.24, 2.45) is 5.92 Å². The number of nitrogens with one attached hydrogen (secondary N) is 2. The number of aliphatic carboxylic acids is 1. The summed E-state index contributed by atoms with van der Waals surface area (Å²) in [7, 11) is 0. The molecule has 16 heteroatoms. The van der Waals surface area contributed by atoms with Gasteiger partial charge in [-0.1, -0.05) is 18.2 Å². The van der Waals surface area contributed by atoms with Crippen molar-refractivity contribution in [1.29, 1.82) is 0 Å². The van der Waals surface area contributed by atoms with Gasteiger partial charge < -0.3 is 39.9 Å². The number of nitrogens with zero attached hydrogens (tertiary/aromatic N) is 5. The van der Waals surface area contributed by atoms with Crippen LogP contribution in [0.1, 0.15) is 62.9 Å². The second-order valence-corrected chi connectivity index (χ2v) is 12.7. The van der Waals surface area contributed by atoms with E-state index in [0.29, 0.717) is 37.5 Å². The van der Waals surface area contributed by atoms with Gasteiger partial charge in [0.1, 0.15) is 12.1 Å². The molecule has 1 aromatic carbocycles. The lowest BCUT2D eigenvalue weighted by molar-refractivity contribution is -0.143. The van der Waals surface area contributed by atoms with Crippen LogP contribution in [0.15, 0.2) is 36.4 Å². The second-order valence-electron chi connectivity index (χ2n) is 12.7. The molecule has 3 atom stereocenters. The van der Waals surface area contributed by atoms with E-state index >= 15 is 0 Å². The molecule has 3 fully saturated rings. The highest BCUT2D eigenvalue weighted by Crippen LogP contribution is 2.28. The van der Waals surface area contributed by atoms with E-state index in [4.69, 9.17) is 9.47 Å². The molecule has 3 N–H and O–H groups in total. The number of carboxylic acid groups (broad SMARTS) is 1. The first-order chi connectivity index (χ1) is 24.0. The lowest BCUT2D eigenvalue weighted by Crippen LogP contribution is -2.56. The van der Waals surface area contributed by atoms with Crippen LogP contribution in [0.4, 0.5) is 4.79 Å². The fourth-order valence-electron chi connectivity index (χ4n) is 6.07. The Labute approximate surface area is 290 Å². The lowest BCUT2D eigenvalue weighted by atomic mass is 10.1. The summed E-state index contributed by atoms with van der Waals surface area (Å²) < 4.78 is 12.5. The number of benzene rings is 1. The standard InChI is InChI=1S/C34H45N7O9/c1-3-49-34(48)39-18-16-38(17-19-39)33(47)25(13-14-29(42)43)36-30(44)26-20-28(41(37-26)24-8-5-4-6-9-24)50-22(2)32(46)40-15-7-10-27(40)31(45)35-21-23-11-12-23/h4-6,8-9,20,22-23,25,27H,3,7,10-19,21H2,1-2H3,(H,35,45)(H,36,44)(H,42,43). The molecule has 5 rings (SSSR count). The Hall–Kier alpha value is -5.15. The zero-order valence-electron chi connectivity index (χ0n) is 28.4. The predicted molar refractivity (Wildman–Crippen MR) is 177 cm³/mol. The molecule has 1 aliphatic carbocycles. The minimum Gasteiger partial charge on any atom is -0.481 e. The Morgan fingerprint density at radius 1 is 0.960 bits per heavy atom. The van der Waals surface area contributed by atoms with Crippen molar-refractivity contribution in [3.8, 4) is 11.6 Å². The van der Waals surface area contributed by atoms with Gasteiger partial charge in [0.25, 0.3) is 11.8 Å². The molecule has 1 aromatic heterocycles. The van der Waals surface area contributed by atoms with Gasteiger partial charge in [0.05, 0.1) is 12.3 Å². The first kappa shape index (κ1) is 36.1. The molecule has 3 heterocycles. The van der Waals surface area contributed by atoms with Crippen molar-refractivity contribution in [2.45, 2.75) is 70.6 Å². The molecule has 3 aliphatic rings. The number of carboxylic acids is 1. The van der Waals surface area contributed by atoms with Crippen LogP contribution in [0.2, 0.25) is 0 Å². The topological polar surface area (TPSA) is 193 Å². The average Bonchev–Trinajstić information content (AvgIpc) is 3.65. The zero-order valence-corrected chi connectivity index (χ0v) is 28.4. The molecule has 2 saturated heterocycles. The molecule has 5 amide bonds. The van der Waals surface area contributed by atoms with E-state index in [2.05, 4.69) is 15.7 Å². The number of amides is 5. The van der Waals surface area contributed by atoms with Crippen LogP contribution in [0.25, 0.3) is 5.69 Å². The van der Waals surface area contributed by atoms with E-state index in [9.17, 15) is 33.9 Å². The monoisotopic (exact) mass is 695 g/mol. The summed E-state index contributed by atoms with van der Waals surface area (Å²) in [4.78, 5) is 81.6. The second kappa shape index (κ2) is 16.5. The highest BCUT2D eigenvalue weighted by molar-refractivity contribution is 5.96. The average molecular weight is 696 g/mol. The van der Waals surface area contributed by atoms with Crippen molar-refractivity contribution >= 4 is 35.7 Å². The van der Waals surface area contributed by atoms with E-state index in [1.54, 1.807) is 44.2 Å². The van der Waals surface area contributed by atoms with Crippen molar-refractivity contribution in [3.63, 3.8) is 0 Å². The summed E-state index contributed by atoms with van der Waals surface area (Å²) in [5.74, 6) is -2.31. The van der Waals surface area contributed by atoms with Gasteiger partial charge in [0.2, 0.25) is 17.7 Å². The fraction of sp³-hybridized carbons (Fsp3) is 0.559. The van der Waals surface area contributed by atoms with E-state index in [-0.39, 0.29) is 69.0 Å². The molecular weight excluding hydrogens is 650 g/mol. The number of hydrogen-bond acceptors (Lipinski definition) is 9. The van der Waals surface area contributed by atoms with Gasteiger partial charge in [-0.05, 0) is 64.0 Å². The molecule has 0 radical (unpaired) electrons. The van der Waals surface area contributed by atoms with Crippen LogP contribution < -0.4 is 15.4 Å². The van der Waals surface area contributed by atoms with Crippen molar-refractivity contribution in [3.05, 3.63) is 42.1 Å².